The van der Waals surface area contributed by atoms with Crippen LogP contribution in [0.15, 0.2) is 18.2 Å². The molecule has 1 saturated carbocycles. The van der Waals surface area contributed by atoms with E-state index in [0.717, 1.165) is 54.9 Å². The van der Waals surface area contributed by atoms with Crippen molar-refractivity contribution in [1.29, 1.82) is 0 Å². The summed E-state index contributed by atoms with van der Waals surface area (Å²) >= 11 is 6.77. The monoisotopic (exact) mass is 458 g/mol. The van der Waals surface area contributed by atoms with Gasteiger partial charge < -0.3 is 10.4 Å². The van der Waals surface area contributed by atoms with E-state index in [9.17, 15) is 9.90 Å². The Kier molecular flexibility index (Phi) is 7.96. The maximum Gasteiger partial charge on any atom is 0.306 e. The van der Waals surface area contributed by atoms with Crippen molar-refractivity contribution < 1.29 is 9.90 Å². The average molecular weight is 459 g/mol. The van der Waals surface area contributed by atoms with Crippen LogP contribution in [0.5, 0.6) is 0 Å². The van der Waals surface area contributed by atoms with Crippen LogP contribution >= 0.6 is 11.6 Å². The number of halogens is 1. The van der Waals surface area contributed by atoms with Gasteiger partial charge in [-0.2, -0.15) is 0 Å². The van der Waals surface area contributed by atoms with Crippen LogP contribution in [0, 0.1) is 11.8 Å². The van der Waals surface area contributed by atoms with Gasteiger partial charge in [0.1, 0.15) is 0 Å². The Balaban J connectivity index is 1.45. The zero-order valence-electron chi connectivity index (χ0n) is 19.7. The van der Waals surface area contributed by atoms with Crippen LogP contribution in [0.4, 0.5) is 0 Å². The van der Waals surface area contributed by atoms with Crippen molar-refractivity contribution in [2.45, 2.75) is 96.3 Å². The van der Waals surface area contributed by atoms with Crippen molar-refractivity contribution in [3.63, 3.8) is 0 Å². The van der Waals surface area contributed by atoms with Crippen LogP contribution in [0.25, 0.3) is 11.1 Å². The van der Waals surface area contributed by atoms with E-state index in [4.69, 9.17) is 11.6 Å². The first kappa shape index (κ1) is 23.8. The first-order chi connectivity index (χ1) is 15.4. The van der Waals surface area contributed by atoms with Crippen molar-refractivity contribution in [1.82, 2.24) is 10.2 Å². The van der Waals surface area contributed by atoms with Gasteiger partial charge in [0, 0.05) is 36.2 Å². The third kappa shape index (κ3) is 5.58. The van der Waals surface area contributed by atoms with Crippen LogP contribution in [-0.2, 0) is 11.3 Å². The summed E-state index contributed by atoms with van der Waals surface area (Å²) < 4.78 is 0. The van der Waals surface area contributed by atoms with Crippen LogP contribution in [0.2, 0.25) is 0 Å². The number of piperidine rings is 2. The number of fused-ring (bicyclic) bond motifs is 2. The van der Waals surface area contributed by atoms with E-state index in [1.54, 1.807) is 0 Å². The molecule has 2 aliphatic heterocycles. The number of carboxylic acids is 1. The Bertz CT molecular complexity index is 908. The zero-order chi connectivity index (χ0) is 22.7. The highest BCUT2D eigenvalue weighted by molar-refractivity contribution is 6.45. The quantitative estimate of drug-likeness (QED) is 0.670. The molecular formula is C27H39ClN2O2. The number of aliphatic carboxylic acids is 1. The molecule has 0 aromatic heterocycles. The predicted octanol–water partition coefficient (Wildman–Crippen LogP) is 4.22. The molecule has 3 fully saturated rings. The fraction of sp³-hybridized carbons (Fsp3) is 0.667. The highest BCUT2D eigenvalue weighted by atomic mass is 35.5. The molecule has 5 heteroatoms. The Morgan fingerprint density at radius 1 is 1.16 bits per heavy atom. The number of nitrogens with one attached hydrogen (secondary N) is 1. The van der Waals surface area contributed by atoms with Gasteiger partial charge in [-0.15, -0.1) is 0 Å². The van der Waals surface area contributed by atoms with Crippen molar-refractivity contribution in [2.75, 3.05) is 6.54 Å². The van der Waals surface area contributed by atoms with Crippen LogP contribution in [-0.4, -0.2) is 40.6 Å². The first-order valence-electron chi connectivity index (χ1n) is 12.6. The minimum absolute atomic E-state index is 0.170. The third-order valence-corrected chi connectivity index (χ3v) is 8.46. The Morgan fingerprint density at radius 3 is 2.47 bits per heavy atom. The molecule has 2 N–H and O–H groups in total. The summed E-state index contributed by atoms with van der Waals surface area (Å²) in [5, 5.41) is 16.4. The first-order valence-corrected chi connectivity index (χ1v) is 13.0. The molecule has 4 rings (SSSR count). The van der Waals surface area contributed by atoms with E-state index in [1.165, 1.54) is 42.9 Å². The van der Waals surface area contributed by atoms with Gasteiger partial charge in [-0.05, 0) is 80.2 Å². The minimum Gasteiger partial charge on any atom is -0.481 e. The molecule has 176 valence electrons. The molecule has 32 heavy (non-hydrogen) atoms. The summed E-state index contributed by atoms with van der Waals surface area (Å²) in [6, 6.07) is 8.05. The molecule has 2 saturated heterocycles. The molecule has 4 nitrogen and oxygen atoms in total. The van der Waals surface area contributed by atoms with Crippen LogP contribution < -0.4 is 15.8 Å². The lowest BCUT2D eigenvalue weighted by atomic mass is 9.78. The Labute approximate surface area is 197 Å². The fourth-order valence-electron chi connectivity index (χ4n) is 6.14. The van der Waals surface area contributed by atoms with Crippen molar-refractivity contribution in [2.24, 2.45) is 11.8 Å². The van der Waals surface area contributed by atoms with E-state index >= 15 is 0 Å². The second kappa shape index (κ2) is 10.7. The number of hydrogen-bond acceptors (Lipinski definition) is 3. The Hall–Kier alpha value is -1.36. The van der Waals surface area contributed by atoms with Gasteiger partial charge in [0.05, 0.1) is 5.92 Å². The van der Waals surface area contributed by atoms with E-state index in [-0.39, 0.29) is 5.92 Å². The summed E-state index contributed by atoms with van der Waals surface area (Å²) in [4.78, 5) is 14.1. The molecule has 0 amide bonds. The fourth-order valence-corrected chi connectivity index (χ4v) is 6.39. The molecule has 2 atom stereocenters. The summed E-state index contributed by atoms with van der Waals surface area (Å²) in [7, 11) is 0. The number of carboxylic acid groups (broad SMARTS) is 1. The SMILES string of the molecule is CC=c1cc(CN2C3CCCC2CC(C(=O)O)C3)ccc1=C(Cl)CNC1CCC(C)CC1. The lowest BCUT2D eigenvalue weighted by molar-refractivity contribution is -0.146. The molecule has 1 aliphatic carbocycles. The molecule has 1 aromatic rings. The smallest absolute Gasteiger partial charge is 0.306 e. The van der Waals surface area contributed by atoms with Crippen molar-refractivity contribution in [3.05, 3.63) is 34.2 Å². The largest absolute Gasteiger partial charge is 0.481 e. The van der Waals surface area contributed by atoms with E-state index in [0.29, 0.717) is 18.1 Å². The third-order valence-electron chi connectivity index (χ3n) is 8.12. The van der Waals surface area contributed by atoms with Gasteiger partial charge >= 0.3 is 5.97 Å². The normalized spacial score (nSPS) is 32.6. The number of carbonyl (C=O) groups is 1. The van der Waals surface area contributed by atoms with Crippen molar-refractivity contribution >= 4 is 28.7 Å². The average Bonchev–Trinajstić information content (AvgIpc) is 2.78. The molecule has 3 aliphatic rings. The molecule has 2 heterocycles. The highest BCUT2D eigenvalue weighted by Crippen LogP contribution is 2.38. The molecule has 1 aromatic carbocycles. The standard InChI is InChI=1S/C27H39ClN2O2/c1-3-20-13-19(17-30-23-5-4-6-24(30)15-21(14-23)27(31)32)9-12-25(20)26(28)16-29-22-10-7-18(2)8-11-22/h3,9,12-13,18,21-24,29H,4-8,10-11,14-17H2,1-2H3,(H,31,32). The predicted molar refractivity (Wildman–Crippen MR) is 132 cm³/mol. The van der Waals surface area contributed by atoms with Crippen molar-refractivity contribution in [3.8, 4) is 0 Å². The lowest BCUT2D eigenvalue weighted by Crippen LogP contribution is -2.52. The number of nitrogens with zero attached hydrogens (tertiary/aromatic N) is 1. The van der Waals surface area contributed by atoms with Gasteiger partial charge in [-0.1, -0.05) is 49.2 Å². The molecular weight excluding hydrogens is 420 g/mol. The maximum atomic E-state index is 11.6. The number of rotatable bonds is 6. The minimum atomic E-state index is -0.615. The number of benzene rings is 1. The summed E-state index contributed by atoms with van der Waals surface area (Å²) in [6.07, 6.45) is 12.3. The topological polar surface area (TPSA) is 52.6 Å². The van der Waals surface area contributed by atoms with Gasteiger partial charge in [0.2, 0.25) is 0 Å². The second-order valence-corrected chi connectivity index (χ2v) is 10.8. The van der Waals surface area contributed by atoms with Crippen LogP contribution in [0.3, 0.4) is 0 Å². The highest BCUT2D eigenvalue weighted by Gasteiger charge is 2.40. The number of hydrogen-bond donors (Lipinski definition) is 2. The second-order valence-electron chi connectivity index (χ2n) is 10.4. The van der Waals surface area contributed by atoms with Gasteiger partial charge in [-0.3, -0.25) is 9.69 Å². The summed E-state index contributed by atoms with van der Waals surface area (Å²) in [5.74, 6) is 0.0721. The molecule has 0 radical (unpaired) electrons. The molecule has 2 bridgehead atoms. The lowest BCUT2D eigenvalue weighted by Gasteiger charge is -2.48. The van der Waals surface area contributed by atoms with Crippen LogP contribution in [0.1, 0.15) is 77.2 Å². The van der Waals surface area contributed by atoms with E-state index in [2.05, 4.69) is 48.3 Å². The maximum absolute atomic E-state index is 11.6. The van der Waals surface area contributed by atoms with Gasteiger partial charge in [-0.25, -0.2) is 0 Å². The van der Waals surface area contributed by atoms with Gasteiger partial charge in [0.15, 0.2) is 0 Å². The summed E-state index contributed by atoms with van der Waals surface area (Å²) in [5.41, 5.74) is 1.30. The van der Waals surface area contributed by atoms with Gasteiger partial charge in [0.25, 0.3) is 0 Å². The van der Waals surface area contributed by atoms with E-state index < -0.39 is 5.97 Å². The zero-order valence-corrected chi connectivity index (χ0v) is 20.4. The molecule has 0 spiro atoms. The Morgan fingerprint density at radius 2 is 1.84 bits per heavy atom. The molecule has 2 unspecified atom stereocenters. The van der Waals surface area contributed by atoms with E-state index in [1.807, 2.05) is 0 Å². The summed E-state index contributed by atoms with van der Waals surface area (Å²) in [6.45, 7) is 6.06.